The minimum absolute atomic E-state index is 0.549. The van der Waals surface area contributed by atoms with Crippen LogP contribution in [0.4, 0.5) is 5.69 Å². The Morgan fingerprint density at radius 2 is 1.96 bits per heavy atom. The third-order valence-electron chi connectivity index (χ3n) is 3.54. The molecule has 5 heteroatoms. The molecular weight excluding hydrogens is 306 g/mol. The lowest BCUT2D eigenvalue weighted by Crippen LogP contribution is -1.99. The van der Waals surface area contributed by atoms with E-state index in [-0.39, 0.29) is 0 Å². The third-order valence-corrected chi connectivity index (χ3v) is 4.34. The van der Waals surface area contributed by atoms with Crippen LogP contribution in [0, 0.1) is 0 Å². The zero-order valence-electron chi connectivity index (χ0n) is 13.2. The highest BCUT2D eigenvalue weighted by atomic mass is 32.2. The van der Waals surface area contributed by atoms with E-state index in [1.54, 1.807) is 18.0 Å². The molecule has 1 heterocycles. The minimum atomic E-state index is 0.549. The molecule has 0 bridgehead atoms. The molecule has 0 atom stereocenters. The fourth-order valence-electron chi connectivity index (χ4n) is 2.43. The minimum Gasteiger partial charge on any atom is -0.477 e. The molecule has 3 rings (SSSR count). The Bertz CT molecular complexity index is 836. The number of nitrogens with zero attached hydrogens (tertiary/aromatic N) is 2. The van der Waals surface area contributed by atoms with Crippen LogP contribution in [0.15, 0.2) is 47.5 Å². The van der Waals surface area contributed by atoms with Gasteiger partial charge in [-0.1, -0.05) is 25.1 Å². The summed E-state index contributed by atoms with van der Waals surface area (Å²) in [6.07, 6.45) is 4.65. The van der Waals surface area contributed by atoms with Gasteiger partial charge in [0.1, 0.15) is 0 Å². The molecule has 0 amide bonds. The summed E-state index contributed by atoms with van der Waals surface area (Å²) in [5, 5.41) is 0. The van der Waals surface area contributed by atoms with Crippen molar-refractivity contribution in [3.8, 4) is 17.0 Å². The molecule has 2 aromatic carbocycles. The van der Waals surface area contributed by atoms with Crippen LogP contribution in [0.3, 0.4) is 0 Å². The summed E-state index contributed by atoms with van der Waals surface area (Å²) in [6, 6.07) is 12.1. The Hall–Kier alpha value is -2.27. The van der Waals surface area contributed by atoms with Crippen molar-refractivity contribution in [2.75, 3.05) is 18.6 Å². The van der Waals surface area contributed by atoms with E-state index in [0.29, 0.717) is 18.2 Å². The second-order valence-corrected chi connectivity index (χ2v) is 6.03. The largest absolute Gasteiger partial charge is 0.477 e. The quantitative estimate of drug-likeness (QED) is 0.557. The Labute approximate surface area is 140 Å². The van der Waals surface area contributed by atoms with Crippen molar-refractivity contribution < 1.29 is 4.74 Å². The highest BCUT2D eigenvalue weighted by Crippen LogP contribution is 2.35. The van der Waals surface area contributed by atoms with Crippen molar-refractivity contribution in [1.29, 1.82) is 0 Å². The smallest absolute Gasteiger partial charge is 0.232 e. The van der Waals surface area contributed by atoms with Gasteiger partial charge in [-0.05, 0) is 36.4 Å². The molecule has 3 aromatic rings. The Kier molecular flexibility index (Phi) is 4.67. The molecule has 0 spiro atoms. The van der Waals surface area contributed by atoms with Gasteiger partial charge in [0.15, 0.2) is 0 Å². The average Bonchev–Trinajstić information content (AvgIpc) is 2.59. The van der Waals surface area contributed by atoms with E-state index in [9.17, 15) is 0 Å². The van der Waals surface area contributed by atoms with Gasteiger partial charge in [-0.3, -0.25) is 0 Å². The van der Waals surface area contributed by atoms with Gasteiger partial charge in [0.05, 0.1) is 23.8 Å². The number of anilines is 1. The van der Waals surface area contributed by atoms with Crippen molar-refractivity contribution in [2.45, 2.75) is 18.2 Å². The molecule has 0 fully saturated rings. The molecule has 0 aliphatic heterocycles. The van der Waals surface area contributed by atoms with E-state index in [1.165, 1.54) is 4.90 Å². The maximum Gasteiger partial charge on any atom is 0.232 e. The van der Waals surface area contributed by atoms with E-state index >= 15 is 0 Å². The van der Waals surface area contributed by atoms with E-state index in [4.69, 9.17) is 10.5 Å². The third kappa shape index (κ3) is 3.24. The lowest BCUT2D eigenvalue weighted by Gasteiger charge is -2.11. The predicted octanol–water partition coefficient (Wildman–Crippen LogP) is 4.39. The van der Waals surface area contributed by atoms with E-state index < -0.39 is 0 Å². The first kappa shape index (κ1) is 15.6. The van der Waals surface area contributed by atoms with Gasteiger partial charge in [0, 0.05) is 16.1 Å². The van der Waals surface area contributed by atoms with Gasteiger partial charge in [0.25, 0.3) is 0 Å². The van der Waals surface area contributed by atoms with Crippen LogP contribution in [-0.4, -0.2) is 22.8 Å². The summed E-state index contributed by atoms with van der Waals surface area (Å²) in [5.74, 6) is 0.549. The number of nitrogen functional groups attached to an aromatic ring is 1. The molecule has 2 N–H and O–H groups in total. The summed E-state index contributed by atoms with van der Waals surface area (Å²) in [5.41, 5.74) is 10.6. The van der Waals surface area contributed by atoms with Gasteiger partial charge in [-0.15, -0.1) is 11.8 Å². The number of hydrogen-bond acceptors (Lipinski definition) is 5. The fourth-order valence-corrected chi connectivity index (χ4v) is 3.05. The number of benzene rings is 2. The summed E-state index contributed by atoms with van der Waals surface area (Å²) >= 11 is 1.70. The molecular formula is C18H19N3OS. The Balaban J connectivity index is 2.11. The zero-order chi connectivity index (χ0) is 16.2. The fraction of sp³-hybridized carbons (Fsp3) is 0.222. The van der Waals surface area contributed by atoms with Crippen molar-refractivity contribution in [1.82, 2.24) is 9.97 Å². The van der Waals surface area contributed by atoms with Gasteiger partial charge >= 0.3 is 0 Å². The molecule has 0 saturated carbocycles. The predicted molar refractivity (Wildman–Crippen MR) is 97.0 cm³/mol. The number of aromatic nitrogens is 2. The first-order valence-electron chi connectivity index (χ1n) is 7.55. The number of thioether (sulfide) groups is 1. The molecule has 0 aliphatic rings. The molecule has 0 radical (unpaired) electrons. The molecule has 1 aromatic heterocycles. The van der Waals surface area contributed by atoms with E-state index in [0.717, 1.165) is 28.6 Å². The molecule has 0 aliphatic carbocycles. The summed E-state index contributed by atoms with van der Waals surface area (Å²) < 4.78 is 5.58. The van der Waals surface area contributed by atoms with Crippen molar-refractivity contribution >= 4 is 28.5 Å². The molecule has 118 valence electrons. The van der Waals surface area contributed by atoms with Crippen LogP contribution >= 0.6 is 11.8 Å². The Morgan fingerprint density at radius 3 is 2.74 bits per heavy atom. The van der Waals surface area contributed by atoms with Crippen LogP contribution in [0.2, 0.25) is 0 Å². The second kappa shape index (κ2) is 6.87. The van der Waals surface area contributed by atoms with Crippen LogP contribution < -0.4 is 10.5 Å². The highest BCUT2D eigenvalue weighted by Gasteiger charge is 2.11. The Morgan fingerprint density at radius 1 is 1.13 bits per heavy atom. The average molecular weight is 325 g/mol. The molecule has 0 unspecified atom stereocenters. The van der Waals surface area contributed by atoms with Crippen LogP contribution in [-0.2, 0) is 0 Å². The second-order valence-electron chi connectivity index (χ2n) is 5.19. The molecule has 23 heavy (non-hydrogen) atoms. The standard InChI is InChI=1S/C18H19N3OS/c1-3-8-22-18-11-20-15-10-14(19)13(9-16(15)21-18)12-6-4-5-7-17(12)23-2/h4-7,9-11H,3,8,19H2,1-2H3. The normalized spacial score (nSPS) is 10.9. The lowest BCUT2D eigenvalue weighted by atomic mass is 10.0. The molecule has 4 nitrogen and oxygen atoms in total. The number of hydrogen-bond donors (Lipinski definition) is 1. The van der Waals surface area contributed by atoms with Crippen molar-refractivity contribution in [2.24, 2.45) is 0 Å². The first-order valence-corrected chi connectivity index (χ1v) is 8.78. The monoisotopic (exact) mass is 325 g/mol. The topological polar surface area (TPSA) is 61.0 Å². The molecule has 0 saturated heterocycles. The summed E-state index contributed by atoms with van der Waals surface area (Å²) in [6.45, 7) is 2.70. The van der Waals surface area contributed by atoms with E-state index in [1.807, 2.05) is 24.3 Å². The van der Waals surface area contributed by atoms with Crippen molar-refractivity contribution in [3.05, 3.63) is 42.6 Å². The van der Waals surface area contributed by atoms with Crippen LogP contribution in [0.25, 0.3) is 22.2 Å². The number of fused-ring (bicyclic) bond motifs is 1. The van der Waals surface area contributed by atoms with Gasteiger partial charge in [-0.2, -0.15) is 0 Å². The number of nitrogens with two attached hydrogens (primary N) is 1. The van der Waals surface area contributed by atoms with Gasteiger partial charge < -0.3 is 10.5 Å². The van der Waals surface area contributed by atoms with E-state index in [2.05, 4.69) is 35.3 Å². The zero-order valence-corrected chi connectivity index (χ0v) is 14.1. The van der Waals surface area contributed by atoms with Crippen LogP contribution in [0.1, 0.15) is 13.3 Å². The maximum atomic E-state index is 6.25. The lowest BCUT2D eigenvalue weighted by molar-refractivity contribution is 0.305. The SMILES string of the molecule is CCCOc1cnc2cc(N)c(-c3ccccc3SC)cc2n1. The van der Waals surface area contributed by atoms with Crippen molar-refractivity contribution in [3.63, 3.8) is 0 Å². The van der Waals surface area contributed by atoms with Gasteiger partial charge in [-0.25, -0.2) is 9.97 Å². The summed E-state index contributed by atoms with van der Waals surface area (Å²) in [7, 11) is 0. The summed E-state index contributed by atoms with van der Waals surface area (Å²) in [4.78, 5) is 10.1. The highest BCUT2D eigenvalue weighted by molar-refractivity contribution is 7.98. The maximum absolute atomic E-state index is 6.25. The number of ether oxygens (including phenoxy) is 1. The van der Waals surface area contributed by atoms with Crippen LogP contribution in [0.5, 0.6) is 5.88 Å². The number of rotatable bonds is 5. The first-order chi connectivity index (χ1) is 11.2. The van der Waals surface area contributed by atoms with Gasteiger partial charge in [0.2, 0.25) is 5.88 Å².